The third-order valence-corrected chi connectivity index (χ3v) is 2.52. The van der Waals surface area contributed by atoms with Crippen molar-refractivity contribution in [3.8, 4) is 0 Å². The van der Waals surface area contributed by atoms with Crippen molar-refractivity contribution in [1.82, 2.24) is 0 Å². The molecule has 0 N–H and O–H groups in total. The zero-order chi connectivity index (χ0) is 10.7. The summed E-state index contributed by atoms with van der Waals surface area (Å²) in [7, 11) is 0. The molecule has 0 aliphatic heterocycles. The number of carbonyl (C=O) groups is 1. The summed E-state index contributed by atoms with van der Waals surface area (Å²) in [6.45, 7) is 2.59. The van der Waals surface area contributed by atoms with Crippen molar-refractivity contribution in [1.29, 1.82) is 0 Å². The molecule has 0 atom stereocenters. The Labute approximate surface area is 89.6 Å². The van der Waals surface area contributed by atoms with E-state index >= 15 is 0 Å². The molecule has 0 heterocycles. The summed E-state index contributed by atoms with van der Waals surface area (Å²) in [5, 5.41) is 0. The first-order chi connectivity index (χ1) is 7.33. The summed E-state index contributed by atoms with van der Waals surface area (Å²) < 4.78 is 5.17. The number of hydrogen-bond donors (Lipinski definition) is 0. The summed E-state index contributed by atoms with van der Waals surface area (Å²) in [6.07, 6.45) is 5.92. The van der Waals surface area contributed by atoms with Gasteiger partial charge in [0.25, 0.3) is 0 Å². The molecule has 0 radical (unpaired) electrons. The molecular formula is C13H14O2. The molecule has 0 saturated carbocycles. The van der Waals surface area contributed by atoms with Gasteiger partial charge in [0, 0.05) is 0 Å². The lowest BCUT2D eigenvalue weighted by atomic mass is 9.93. The van der Waals surface area contributed by atoms with Gasteiger partial charge in [-0.2, -0.15) is 0 Å². The minimum absolute atomic E-state index is 0.204. The fourth-order valence-corrected chi connectivity index (χ4v) is 1.56. The van der Waals surface area contributed by atoms with Crippen molar-refractivity contribution in [2.45, 2.75) is 19.8 Å². The normalized spacial score (nSPS) is 11.8. The third-order valence-electron chi connectivity index (χ3n) is 2.52. The maximum Gasteiger partial charge on any atom is 0.338 e. The lowest BCUT2D eigenvalue weighted by Crippen LogP contribution is -2.10. The molecule has 1 aromatic rings. The van der Waals surface area contributed by atoms with Crippen molar-refractivity contribution >= 4 is 18.1 Å². The second kappa shape index (κ2) is 4.30. The third kappa shape index (κ3) is 1.94. The Morgan fingerprint density at radius 3 is 2.87 bits per heavy atom. The van der Waals surface area contributed by atoms with Crippen LogP contribution >= 0.6 is 0 Å². The first-order valence-corrected chi connectivity index (χ1v) is 5.31. The predicted octanol–water partition coefficient (Wildman–Crippen LogP) is 3.13. The van der Waals surface area contributed by atoms with Gasteiger partial charge in [-0.1, -0.05) is 37.6 Å². The molecule has 1 aromatic carbocycles. The van der Waals surface area contributed by atoms with Crippen LogP contribution in [0, 0.1) is 0 Å². The first kappa shape index (κ1) is 9.97. The molecule has 0 spiro atoms. The van der Waals surface area contributed by atoms with Crippen LogP contribution in [-0.2, 0) is 4.74 Å². The van der Waals surface area contributed by atoms with Crippen LogP contribution in [0.2, 0.25) is 0 Å². The SMILES string of the molecule is CCCCOC(=O)c1cccc2c1C=C2. The Bertz CT molecular complexity index is 405. The highest BCUT2D eigenvalue weighted by Gasteiger charge is 2.16. The number of unbranched alkanes of at least 4 members (excludes halogenated alkanes) is 1. The monoisotopic (exact) mass is 202 g/mol. The molecule has 2 nitrogen and oxygen atoms in total. The highest BCUT2D eigenvalue weighted by atomic mass is 16.5. The maximum atomic E-state index is 11.7. The van der Waals surface area contributed by atoms with Gasteiger partial charge in [0.2, 0.25) is 0 Å². The van der Waals surface area contributed by atoms with Crippen molar-refractivity contribution < 1.29 is 9.53 Å². The van der Waals surface area contributed by atoms with E-state index in [1.165, 1.54) is 0 Å². The number of benzene rings is 1. The average molecular weight is 202 g/mol. The minimum Gasteiger partial charge on any atom is -0.462 e. The van der Waals surface area contributed by atoms with E-state index in [0.717, 1.165) is 24.0 Å². The van der Waals surface area contributed by atoms with Crippen LogP contribution in [0.25, 0.3) is 12.2 Å². The van der Waals surface area contributed by atoms with Gasteiger partial charge in [0.15, 0.2) is 0 Å². The summed E-state index contributed by atoms with van der Waals surface area (Å²) in [5.74, 6) is -0.204. The van der Waals surface area contributed by atoms with Gasteiger partial charge in [-0.15, -0.1) is 0 Å². The van der Waals surface area contributed by atoms with Crippen LogP contribution in [0.3, 0.4) is 0 Å². The largest absolute Gasteiger partial charge is 0.462 e. The van der Waals surface area contributed by atoms with Gasteiger partial charge in [0.05, 0.1) is 12.2 Å². The summed E-state index contributed by atoms with van der Waals surface area (Å²) in [6, 6.07) is 5.70. The topological polar surface area (TPSA) is 26.3 Å². The van der Waals surface area contributed by atoms with Crippen molar-refractivity contribution in [2.75, 3.05) is 6.61 Å². The van der Waals surface area contributed by atoms with Gasteiger partial charge in [-0.3, -0.25) is 0 Å². The van der Waals surface area contributed by atoms with Gasteiger partial charge in [0.1, 0.15) is 0 Å². The van der Waals surface area contributed by atoms with Crippen LogP contribution in [0.4, 0.5) is 0 Å². The molecule has 0 saturated heterocycles. The average Bonchev–Trinajstić information content (AvgIpc) is 2.19. The molecule has 2 rings (SSSR count). The van der Waals surface area contributed by atoms with E-state index in [1.54, 1.807) is 0 Å². The van der Waals surface area contributed by atoms with Gasteiger partial charge in [-0.05, 0) is 23.6 Å². The van der Waals surface area contributed by atoms with E-state index in [2.05, 4.69) is 6.92 Å². The van der Waals surface area contributed by atoms with E-state index in [4.69, 9.17) is 4.74 Å². The van der Waals surface area contributed by atoms with E-state index in [-0.39, 0.29) is 5.97 Å². The fraction of sp³-hybridized carbons (Fsp3) is 0.308. The predicted molar refractivity (Wildman–Crippen MR) is 60.6 cm³/mol. The summed E-state index contributed by atoms with van der Waals surface area (Å²) >= 11 is 0. The van der Waals surface area contributed by atoms with Crippen LogP contribution in [0.15, 0.2) is 18.2 Å². The maximum absolute atomic E-state index is 11.7. The second-order valence-corrected chi connectivity index (χ2v) is 3.63. The smallest absolute Gasteiger partial charge is 0.338 e. The molecule has 0 amide bonds. The van der Waals surface area contributed by atoms with Crippen LogP contribution in [-0.4, -0.2) is 12.6 Å². The van der Waals surface area contributed by atoms with Crippen molar-refractivity contribution in [3.63, 3.8) is 0 Å². The zero-order valence-corrected chi connectivity index (χ0v) is 8.82. The van der Waals surface area contributed by atoms with Gasteiger partial charge < -0.3 is 4.74 Å². The Balaban J connectivity index is 2.04. The zero-order valence-electron chi connectivity index (χ0n) is 8.82. The van der Waals surface area contributed by atoms with E-state index in [1.807, 2.05) is 30.4 Å². The highest BCUT2D eigenvalue weighted by Crippen LogP contribution is 2.27. The van der Waals surface area contributed by atoms with E-state index in [0.29, 0.717) is 12.2 Å². The molecule has 1 aliphatic carbocycles. The van der Waals surface area contributed by atoms with E-state index in [9.17, 15) is 4.79 Å². The Morgan fingerprint density at radius 1 is 1.33 bits per heavy atom. The molecular weight excluding hydrogens is 188 g/mol. The van der Waals surface area contributed by atoms with Crippen LogP contribution in [0.1, 0.15) is 41.3 Å². The standard InChI is InChI=1S/C13H14O2/c1-2-3-9-15-13(14)12-6-4-5-10-7-8-11(10)12/h4-8H,2-3,9H2,1H3. The van der Waals surface area contributed by atoms with Gasteiger partial charge in [-0.25, -0.2) is 4.79 Å². The summed E-state index contributed by atoms with van der Waals surface area (Å²) in [5.41, 5.74) is 2.82. The first-order valence-electron chi connectivity index (χ1n) is 5.31. The van der Waals surface area contributed by atoms with Crippen LogP contribution < -0.4 is 0 Å². The molecule has 15 heavy (non-hydrogen) atoms. The molecule has 0 fully saturated rings. The fourth-order valence-electron chi connectivity index (χ4n) is 1.56. The Hall–Kier alpha value is -1.57. The molecule has 0 unspecified atom stereocenters. The number of fused-ring (bicyclic) bond motifs is 1. The molecule has 0 aromatic heterocycles. The van der Waals surface area contributed by atoms with Gasteiger partial charge >= 0.3 is 5.97 Å². The van der Waals surface area contributed by atoms with Crippen LogP contribution in [0.5, 0.6) is 0 Å². The molecule has 0 bridgehead atoms. The van der Waals surface area contributed by atoms with Crippen molar-refractivity contribution in [2.24, 2.45) is 0 Å². The minimum atomic E-state index is -0.204. The summed E-state index contributed by atoms with van der Waals surface area (Å²) in [4.78, 5) is 11.7. The Morgan fingerprint density at radius 2 is 2.20 bits per heavy atom. The molecule has 1 aliphatic rings. The van der Waals surface area contributed by atoms with Crippen molar-refractivity contribution in [3.05, 3.63) is 34.9 Å². The van der Waals surface area contributed by atoms with E-state index < -0.39 is 0 Å². The Kier molecular flexibility index (Phi) is 2.86. The molecule has 78 valence electrons. The number of carbonyl (C=O) groups excluding carboxylic acids is 1. The number of esters is 1. The number of rotatable bonds is 4. The quantitative estimate of drug-likeness (QED) is 0.562. The molecule has 2 heteroatoms. The second-order valence-electron chi connectivity index (χ2n) is 3.63. The highest BCUT2D eigenvalue weighted by molar-refractivity contribution is 6.00. The number of hydrogen-bond acceptors (Lipinski definition) is 2. The number of ether oxygens (including phenoxy) is 1. The lowest BCUT2D eigenvalue weighted by molar-refractivity contribution is 0.0499. The lowest BCUT2D eigenvalue weighted by Gasteiger charge is -2.14.